The number of aromatic nitrogens is 3. The molecule has 0 aliphatic carbocycles. The number of aromatic amines is 1. The minimum absolute atomic E-state index is 0.191. The molecule has 1 aliphatic rings. The quantitative estimate of drug-likeness (QED) is 0.771. The van der Waals surface area contributed by atoms with Crippen molar-refractivity contribution in [3.8, 4) is 0 Å². The first kappa shape index (κ1) is 17.2. The van der Waals surface area contributed by atoms with Crippen molar-refractivity contribution in [2.24, 2.45) is 0 Å². The molecule has 3 heterocycles. The molecule has 138 valence electrons. The van der Waals surface area contributed by atoms with E-state index in [2.05, 4.69) is 9.97 Å². The van der Waals surface area contributed by atoms with E-state index < -0.39 is 11.2 Å². The van der Waals surface area contributed by atoms with E-state index in [0.29, 0.717) is 24.3 Å². The lowest BCUT2D eigenvalue weighted by Gasteiger charge is -2.29. The Kier molecular flexibility index (Phi) is 4.35. The fourth-order valence-electron chi connectivity index (χ4n) is 3.62. The molecule has 0 saturated heterocycles. The van der Waals surface area contributed by atoms with Gasteiger partial charge in [-0.25, -0.2) is 9.78 Å². The Morgan fingerprint density at radius 1 is 1.26 bits per heavy atom. The van der Waals surface area contributed by atoms with Crippen LogP contribution in [-0.2, 0) is 13.0 Å². The first-order valence-electron chi connectivity index (χ1n) is 9.13. The van der Waals surface area contributed by atoms with Crippen molar-refractivity contribution in [3.05, 3.63) is 68.5 Å². The van der Waals surface area contributed by atoms with Gasteiger partial charge in [-0.3, -0.25) is 19.1 Å². The molecule has 1 amide bonds. The number of nitrogens with one attached hydrogen (secondary N) is 1. The normalized spacial score (nSPS) is 13.6. The highest BCUT2D eigenvalue weighted by molar-refractivity contribution is 6.07. The summed E-state index contributed by atoms with van der Waals surface area (Å²) in [5.74, 6) is -0.191. The molecule has 0 unspecified atom stereocenters. The second-order valence-corrected chi connectivity index (χ2v) is 6.70. The Labute approximate surface area is 155 Å². The molecule has 3 aromatic rings. The molecule has 0 fully saturated rings. The Bertz CT molecular complexity index is 1150. The number of fused-ring (bicyclic) bond motifs is 2. The molecule has 0 radical (unpaired) electrons. The van der Waals surface area contributed by atoms with Crippen LogP contribution in [0.3, 0.4) is 0 Å². The van der Waals surface area contributed by atoms with Gasteiger partial charge in [0, 0.05) is 25.0 Å². The second-order valence-electron chi connectivity index (χ2n) is 6.70. The van der Waals surface area contributed by atoms with Gasteiger partial charge in [0.25, 0.3) is 11.5 Å². The summed E-state index contributed by atoms with van der Waals surface area (Å²) in [6, 6.07) is 9.38. The number of hydrogen-bond acceptors (Lipinski definition) is 4. The van der Waals surface area contributed by atoms with Crippen LogP contribution in [0.1, 0.15) is 35.7 Å². The summed E-state index contributed by atoms with van der Waals surface area (Å²) < 4.78 is 1.43. The summed E-state index contributed by atoms with van der Waals surface area (Å²) in [5, 5.41) is 0.249. The molecule has 4 rings (SSSR count). The first-order valence-corrected chi connectivity index (χ1v) is 9.13. The SMILES string of the molecule is CCCn1c(=O)[nH]c(=O)c2cc(C(=O)N3CCCc4ccccc43)cnc21. The number of para-hydroxylation sites is 1. The predicted molar refractivity (Wildman–Crippen MR) is 103 cm³/mol. The summed E-state index contributed by atoms with van der Waals surface area (Å²) in [7, 11) is 0. The number of H-pyrrole nitrogens is 1. The number of hydrogen-bond donors (Lipinski definition) is 1. The van der Waals surface area contributed by atoms with Crippen LogP contribution in [0.4, 0.5) is 5.69 Å². The molecule has 0 atom stereocenters. The van der Waals surface area contributed by atoms with Gasteiger partial charge >= 0.3 is 5.69 Å². The molecule has 7 heteroatoms. The van der Waals surface area contributed by atoms with Crippen LogP contribution in [0, 0.1) is 0 Å². The van der Waals surface area contributed by atoms with E-state index in [9.17, 15) is 14.4 Å². The standard InChI is InChI=1S/C20H20N4O3/c1-2-9-24-17-15(18(25)22-20(24)27)11-14(12-21-17)19(26)23-10-5-7-13-6-3-4-8-16(13)23/h3-4,6,8,11-12H,2,5,7,9-10H2,1H3,(H,22,25,27). The zero-order valence-electron chi connectivity index (χ0n) is 15.1. The van der Waals surface area contributed by atoms with E-state index in [-0.39, 0.29) is 11.3 Å². The van der Waals surface area contributed by atoms with E-state index in [1.165, 1.54) is 16.8 Å². The molecule has 0 saturated carbocycles. The molecule has 1 aliphatic heterocycles. The summed E-state index contributed by atoms with van der Waals surface area (Å²) >= 11 is 0. The van der Waals surface area contributed by atoms with E-state index in [4.69, 9.17) is 0 Å². The summed E-state index contributed by atoms with van der Waals surface area (Å²) in [6.07, 6.45) is 4.01. The Morgan fingerprint density at radius 2 is 2.07 bits per heavy atom. The largest absolute Gasteiger partial charge is 0.329 e. The van der Waals surface area contributed by atoms with Crippen LogP contribution >= 0.6 is 0 Å². The van der Waals surface area contributed by atoms with Crippen LogP contribution < -0.4 is 16.1 Å². The molecule has 7 nitrogen and oxygen atoms in total. The maximum absolute atomic E-state index is 13.1. The smallest absolute Gasteiger partial charge is 0.308 e. The minimum atomic E-state index is -0.524. The second kappa shape index (κ2) is 6.83. The average Bonchev–Trinajstić information content (AvgIpc) is 2.70. The number of amides is 1. The average molecular weight is 364 g/mol. The minimum Gasteiger partial charge on any atom is -0.308 e. The summed E-state index contributed by atoms with van der Waals surface area (Å²) in [5.41, 5.74) is 1.68. The van der Waals surface area contributed by atoms with Gasteiger partial charge in [-0.1, -0.05) is 25.1 Å². The number of anilines is 1. The maximum atomic E-state index is 13.1. The van der Waals surface area contributed by atoms with Crippen molar-refractivity contribution in [2.45, 2.75) is 32.7 Å². The van der Waals surface area contributed by atoms with Gasteiger partial charge in [-0.15, -0.1) is 0 Å². The molecule has 0 bridgehead atoms. The van der Waals surface area contributed by atoms with Gasteiger partial charge < -0.3 is 4.90 Å². The van der Waals surface area contributed by atoms with Crippen molar-refractivity contribution >= 4 is 22.6 Å². The monoisotopic (exact) mass is 364 g/mol. The Balaban J connectivity index is 1.80. The highest BCUT2D eigenvalue weighted by Gasteiger charge is 2.24. The van der Waals surface area contributed by atoms with Gasteiger partial charge in [-0.2, -0.15) is 0 Å². The van der Waals surface area contributed by atoms with Gasteiger partial charge in [0.1, 0.15) is 5.65 Å². The van der Waals surface area contributed by atoms with Crippen LogP contribution in [0.15, 0.2) is 46.1 Å². The lowest BCUT2D eigenvalue weighted by atomic mass is 10.0. The van der Waals surface area contributed by atoms with E-state index in [1.807, 2.05) is 31.2 Å². The van der Waals surface area contributed by atoms with Gasteiger partial charge in [0.2, 0.25) is 0 Å². The molecule has 1 aromatic carbocycles. The van der Waals surface area contributed by atoms with Crippen LogP contribution in [0.5, 0.6) is 0 Å². The lowest BCUT2D eigenvalue weighted by molar-refractivity contribution is 0.0985. The zero-order valence-corrected chi connectivity index (χ0v) is 15.1. The number of aryl methyl sites for hydroxylation is 2. The number of carbonyl (C=O) groups excluding carboxylic acids is 1. The van der Waals surface area contributed by atoms with Crippen LogP contribution in [-0.4, -0.2) is 27.0 Å². The van der Waals surface area contributed by atoms with Gasteiger partial charge in [-0.05, 0) is 37.0 Å². The predicted octanol–water partition coefficient (Wildman–Crippen LogP) is 2.09. The number of carbonyl (C=O) groups is 1. The van der Waals surface area contributed by atoms with Crippen LogP contribution in [0.2, 0.25) is 0 Å². The Morgan fingerprint density at radius 3 is 2.89 bits per heavy atom. The highest BCUT2D eigenvalue weighted by Crippen LogP contribution is 2.28. The fraction of sp³-hybridized carbons (Fsp3) is 0.300. The third-order valence-electron chi connectivity index (χ3n) is 4.88. The molecule has 2 aromatic heterocycles. The van der Waals surface area contributed by atoms with Crippen LogP contribution in [0.25, 0.3) is 11.0 Å². The van der Waals surface area contributed by atoms with Crippen molar-refractivity contribution in [1.29, 1.82) is 0 Å². The Hall–Kier alpha value is -3.22. The number of benzene rings is 1. The van der Waals surface area contributed by atoms with Crippen molar-refractivity contribution in [3.63, 3.8) is 0 Å². The molecular formula is C20H20N4O3. The number of nitrogens with zero attached hydrogens (tertiary/aromatic N) is 3. The number of rotatable bonds is 3. The van der Waals surface area contributed by atoms with Crippen molar-refractivity contribution < 1.29 is 4.79 Å². The van der Waals surface area contributed by atoms with Gasteiger partial charge in [0.15, 0.2) is 0 Å². The molecular weight excluding hydrogens is 344 g/mol. The zero-order chi connectivity index (χ0) is 19.0. The third kappa shape index (κ3) is 2.95. The van der Waals surface area contributed by atoms with E-state index in [1.54, 1.807) is 4.90 Å². The first-order chi connectivity index (χ1) is 13.1. The topological polar surface area (TPSA) is 88.1 Å². The summed E-state index contributed by atoms with van der Waals surface area (Å²) in [4.78, 5) is 45.7. The maximum Gasteiger partial charge on any atom is 0.329 e. The van der Waals surface area contributed by atoms with E-state index in [0.717, 1.165) is 30.5 Å². The van der Waals surface area contributed by atoms with Crippen molar-refractivity contribution in [2.75, 3.05) is 11.4 Å². The van der Waals surface area contributed by atoms with Gasteiger partial charge in [0.05, 0.1) is 10.9 Å². The lowest BCUT2D eigenvalue weighted by Crippen LogP contribution is -2.36. The molecule has 1 N–H and O–H groups in total. The summed E-state index contributed by atoms with van der Waals surface area (Å²) in [6.45, 7) is 3.01. The number of pyridine rings is 1. The molecule has 0 spiro atoms. The third-order valence-corrected chi connectivity index (χ3v) is 4.88. The highest BCUT2D eigenvalue weighted by atomic mass is 16.2. The van der Waals surface area contributed by atoms with E-state index >= 15 is 0 Å². The van der Waals surface area contributed by atoms with Crippen molar-refractivity contribution in [1.82, 2.24) is 14.5 Å². The fourth-order valence-corrected chi connectivity index (χ4v) is 3.62. The molecule has 27 heavy (non-hydrogen) atoms.